The number of hydrogen-bond donors (Lipinski definition) is 0. The van der Waals surface area contributed by atoms with E-state index >= 15 is 0 Å². The van der Waals surface area contributed by atoms with Gasteiger partial charge in [-0.2, -0.15) is 0 Å². The minimum atomic E-state index is -0.213. The molecule has 3 saturated carbocycles. The van der Waals surface area contributed by atoms with Crippen molar-refractivity contribution in [3.05, 3.63) is 12.2 Å². The molecule has 1 aliphatic heterocycles. The lowest BCUT2D eigenvalue weighted by Crippen LogP contribution is -2.59. The highest BCUT2D eigenvalue weighted by Crippen LogP contribution is 2.63. The van der Waals surface area contributed by atoms with E-state index in [0.29, 0.717) is 29.6 Å². The van der Waals surface area contributed by atoms with E-state index in [1.165, 1.54) is 0 Å². The van der Waals surface area contributed by atoms with E-state index in [0.717, 1.165) is 32.1 Å². The third kappa shape index (κ3) is 1.89. The highest BCUT2D eigenvalue weighted by molar-refractivity contribution is 5.91. The van der Waals surface area contributed by atoms with Crippen molar-refractivity contribution >= 4 is 11.7 Å². The molecule has 2 unspecified atom stereocenters. The molecule has 0 spiro atoms. The van der Waals surface area contributed by atoms with E-state index in [9.17, 15) is 9.59 Å². The van der Waals surface area contributed by atoms with Crippen LogP contribution in [0.5, 0.6) is 0 Å². The van der Waals surface area contributed by atoms with Crippen LogP contribution in [0.3, 0.4) is 0 Å². The second-order valence-corrected chi connectivity index (χ2v) is 8.90. The Kier molecular flexibility index (Phi) is 3.51. The molecule has 0 N–H and O–H groups in total. The maximum absolute atomic E-state index is 12.8. The molecule has 1 heterocycles. The summed E-state index contributed by atoms with van der Waals surface area (Å²) in [6, 6.07) is 0.302. The predicted molar refractivity (Wildman–Crippen MR) is 91.3 cm³/mol. The van der Waals surface area contributed by atoms with Gasteiger partial charge in [0, 0.05) is 31.0 Å². The van der Waals surface area contributed by atoms with Crippen LogP contribution < -0.4 is 0 Å². The summed E-state index contributed by atoms with van der Waals surface area (Å²) in [7, 11) is 3.62. The number of methoxy groups -OCH3 is 1. The standard InChI is InChI=1S/C20H29NO3/c1-19-10-8-17(22)21(3)16(19)6-5-12-13(19)7-9-20(2)14(12)11-15(24-4)18(20)23/h8,10,12-16H,5-7,9,11H2,1-4H3/t12?,13?,14-,15-,16+,19+,20-/m0/s1. The Hall–Kier alpha value is -1.16. The molecule has 24 heavy (non-hydrogen) atoms. The molecule has 4 heteroatoms. The highest BCUT2D eigenvalue weighted by atomic mass is 16.5. The molecule has 0 aromatic carbocycles. The Morgan fingerprint density at radius 3 is 2.62 bits per heavy atom. The average Bonchev–Trinajstić information content (AvgIpc) is 2.83. The molecule has 3 aliphatic carbocycles. The van der Waals surface area contributed by atoms with E-state index in [4.69, 9.17) is 4.74 Å². The summed E-state index contributed by atoms with van der Waals surface area (Å²) in [6.07, 6.45) is 8.84. The molecule has 7 atom stereocenters. The molecule has 1 amide bonds. The third-order valence-corrected chi connectivity index (χ3v) is 8.13. The van der Waals surface area contributed by atoms with Gasteiger partial charge in [0.25, 0.3) is 0 Å². The molecule has 3 fully saturated rings. The first-order valence-corrected chi connectivity index (χ1v) is 9.36. The van der Waals surface area contributed by atoms with Crippen LogP contribution in [0.2, 0.25) is 0 Å². The van der Waals surface area contributed by atoms with Crippen molar-refractivity contribution in [3.63, 3.8) is 0 Å². The van der Waals surface area contributed by atoms with Crippen LogP contribution in [0, 0.1) is 28.6 Å². The SMILES string of the molecule is CO[C@H]1C[C@H]2C3CC[C@H]4N(C)C(=O)C=C[C@]4(C)C3CC[C@]2(C)C1=O. The fourth-order valence-corrected chi connectivity index (χ4v) is 6.71. The number of ketones is 1. The molecular weight excluding hydrogens is 302 g/mol. The third-order valence-electron chi connectivity index (χ3n) is 8.13. The maximum atomic E-state index is 12.8. The van der Waals surface area contributed by atoms with Crippen LogP contribution in [0.1, 0.15) is 46.0 Å². The lowest BCUT2D eigenvalue weighted by atomic mass is 9.48. The first kappa shape index (κ1) is 16.3. The topological polar surface area (TPSA) is 46.6 Å². The van der Waals surface area contributed by atoms with Gasteiger partial charge < -0.3 is 9.64 Å². The zero-order valence-corrected chi connectivity index (χ0v) is 15.2. The zero-order chi connectivity index (χ0) is 17.3. The number of likely N-dealkylation sites (N-methyl/N-ethyl adjacent to an activating group) is 1. The summed E-state index contributed by atoms with van der Waals surface area (Å²) in [5, 5.41) is 0. The van der Waals surface area contributed by atoms with Crippen molar-refractivity contribution in [1.29, 1.82) is 0 Å². The van der Waals surface area contributed by atoms with Gasteiger partial charge in [0.15, 0.2) is 5.78 Å². The van der Waals surface area contributed by atoms with E-state index in [1.807, 2.05) is 11.9 Å². The van der Waals surface area contributed by atoms with E-state index < -0.39 is 0 Å². The van der Waals surface area contributed by atoms with E-state index in [-0.39, 0.29) is 22.8 Å². The van der Waals surface area contributed by atoms with E-state index in [1.54, 1.807) is 13.2 Å². The van der Waals surface area contributed by atoms with Crippen molar-refractivity contribution < 1.29 is 14.3 Å². The Morgan fingerprint density at radius 1 is 1.17 bits per heavy atom. The summed E-state index contributed by atoms with van der Waals surface area (Å²) in [5.74, 6) is 2.02. The minimum absolute atomic E-state index is 0.0428. The number of amides is 1. The van der Waals surface area contributed by atoms with Crippen molar-refractivity contribution in [2.24, 2.45) is 28.6 Å². The molecule has 4 aliphatic rings. The number of rotatable bonds is 1. The smallest absolute Gasteiger partial charge is 0.246 e. The molecule has 132 valence electrons. The van der Waals surface area contributed by atoms with E-state index in [2.05, 4.69) is 19.9 Å². The lowest BCUT2D eigenvalue weighted by Gasteiger charge is -2.59. The first-order valence-electron chi connectivity index (χ1n) is 9.36. The monoisotopic (exact) mass is 331 g/mol. The Bertz CT molecular complexity index is 614. The van der Waals surface area contributed by atoms with Gasteiger partial charge in [-0.3, -0.25) is 9.59 Å². The second kappa shape index (κ2) is 5.17. The maximum Gasteiger partial charge on any atom is 0.246 e. The predicted octanol–water partition coefficient (Wildman–Crippen LogP) is 2.82. The van der Waals surface area contributed by atoms with Crippen molar-refractivity contribution in [2.75, 3.05) is 14.2 Å². The highest BCUT2D eigenvalue weighted by Gasteiger charge is 2.62. The van der Waals surface area contributed by atoms with Crippen LogP contribution in [-0.4, -0.2) is 42.9 Å². The summed E-state index contributed by atoms with van der Waals surface area (Å²) in [4.78, 5) is 26.9. The molecule has 0 aromatic rings. The van der Waals surface area contributed by atoms with Gasteiger partial charge in [0.1, 0.15) is 6.10 Å². The first-order chi connectivity index (χ1) is 11.3. The van der Waals surface area contributed by atoms with Crippen LogP contribution >= 0.6 is 0 Å². The molecule has 0 saturated heterocycles. The van der Waals surface area contributed by atoms with Crippen molar-refractivity contribution in [1.82, 2.24) is 4.90 Å². The lowest BCUT2D eigenvalue weighted by molar-refractivity contribution is -0.143. The fourth-order valence-electron chi connectivity index (χ4n) is 6.71. The summed E-state index contributed by atoms with van der Waals surface area (Å²) < 4.78 is 5.51. The number of nitrogens with zero attached hydrogens (tertiary/aromatic N) is 1. The largest absolute Gasteiger partial charge is 0.374 e. The van der Waals surface area contributed by atoms with Crippen LogP contribution in [0.25, 0.3) is 0 Å². The molecule has 4 rings (SSSR count). The molecule has 0 aromatic heterocycles. The van der Waals surface area contributed by atoms with Crippen molar-refractivity contribution in [2.45, 2.75) is 58.1 Å². The minimum Gasteiger partial charge on any atom is -0.374 e. The van der Waals surface area contributed by atoms with Gasteiger partial charge in [-0.05, 0) is 55.9 Å². The van der Waals surface area contributed by atoms with Gasteiger partial charge in [0.05, 0.1) is 0 Å². The van der Waals surface area contributed by atoms with Gasteiger partial charge in [0.2, 0.25) is 5.91 Å². The average molecular weight is 331 g/mol. The molecular formula is C20H29NO3. The molecule has 0 bridgehead atoms. The Morgan fingerprint density at radius 2 is 1.92 bits per heavy atom. The Labute approximate surface area is 144 Å². The van der Waals surface area contributed by atoms with Gasteiger partial charge >= 0.3 is 0 Å². The fraction of sp³-hybridized carbons (Fsp3) is 0.800. The number of carbonyl (C=O) groups excluding carboxylic acids is 2. The number of fused-ring (bicyclic) bond motifs is 5. The Balaban J connectivity index is 1.69. The van der Waals surface area contributed by atoms with Gasteiger partial charge in [-0.15, -0.1) is 0 Å². The number of carbonyl (C=O) groups is 2. The molecule has 0 radical (unpaired) electrons. The summed E-state index contributed by atoms with van der Waals surface area (Å²) in [5.41, 5.74) is -0.160. The van der Waals surface area contributed by atoms with Crippen LogP contribution in [0.4, 0.5) is 0 Å². The van der Waals surface area contributed by atoms with Gasteiger partial charge in [-0.1, -0.05) is 19.9 Å². The molecule has 4 nitrogen and oxygen atoms in total. The number of Topliss-reactive ketones (excluding diaryl/α,β-unsaturated/α-hetero) is 1. The summed E-state index contributed by atoms with van der Waals surface area (Å²) in [6.45, 7) is 4.51. The number of ether oxygens (including phenoxy) is 1. The number of hydrogen-bond acceptors (Lipinski definition) is 3. The van der Waals surface area contributed by atoms with Gasteiger partial charge in [-0.25, -0.2) is 0 Å². The van der Waals surface area contributed by atoms with Crippen LogP contribution in [-0.2, 0) is 14.3 Å². The van der Waals surface area contributed by atoms with Crippen molar-refractivity contribution in [3.8, 4) is 0 Å². The second-order valence-electron chi connectivity index (χ2n) is 8.90. The summed E-state index contributed by atoms with van der Waals surface area (Å²) >= 11 is 0. The normalized spacial score (nSPS) is 50.5. The quantitative estimate of drug-likeness (QED) is 0.742. The zero-order valence-electron chi connectivity index (χ0n) is 15.2. The van der Waals surface area contributed by atoms with Crippen LogP contribution in [0.15, 0.2) is 12.2 Å².